The molecule has 0 aromatic heterocycles. The molecule has 2 saturated heterocycles. The Morgan fingerprint density at radius 2 is 1.89 bits per heavy atom. The highest BCUT2D eigenvalue weighted by Gasteiger charge is 2.49. The predicted molar refractivity (Wildman–Crippen MR) is 103 cm³/mol. The molecule has 6 heteroatoms. The van der Waals surface area contributed by atoms with Gasteiger partial charge in [-0.2, -0.15) is 0 Å². The molecule has 4 rings (SSSR count). The van der Waals surface area contributed by atoms with E-state index < -0.39 is 5.60 Å². The number of likely N-dealkylation sites (tertiary alicyclic amines) is 1. The first kappa shape index (κ1) is 18.6. The lowest BCUT2D eigenvalue weighted by Gasteiger charge is -2.52. The van der Waals surface area contributed by atoms with Gasteiger partial charge in [0.2, 0.25) is 5.91 Å². The van der Waals surface area contributed by atoms with Crippen LogP contribution in [0.4, 0.5) is 10.1 Å². The van der Waals surface area contributed by atoms with Crippen molar-refractivity contribution < 1.29 is 18.7 Å². The number of piperidine rings is 1. The molecule has 0 spiro atoms. The number of carbonyl (C=O) groups is 2. The van der Waals surface area contributed by atoms with Crippen LogP contribution in [-0.4, -0.2) is 48.1 Å². The number of morpholine rings is 1. The van der Waals surface area contributed by atoms with E-state index in [4.69, 9.17) is 4.74 Å². The van der Waals surface area contributed by atoms with Crippen molar-refractivity contribution >= 4 is 17.5 Å². The molecule has 0 saturated carbocycles. The number of amides is 2. The second-order valence-corrected chi connectivity index (χ2v) is 7.57. The van der Waals surface area contributed by atoms with Crippen molar-refractivity contribution in [3.8, 4) is 0 Å². The minimum Gasteiger partial charge on any atom is -0.363 e. The normalized spacial score (nSPS) is 24.8. The fourth-order valence-corrected chi connectivity index (χ4v) is 4.07. The third-order valence-corrected chi connectivity index (χ3v) is 5.77. The molecule has 2 aliphatic rings. The lowest BCUT2D eigenvalue weighted by atomic mass is 9.85. The van der Waals surface area contributed by atoms with Gasteiger partial charge in [0.05, 0.1) is 18.1 Å². The van der Waals surface area contributed by atoms with Crippen LogP contribution in [-0.2, 0) is 20.7 Å². The maximum atomic E-state index is 13.9. The monoisotopic (exact) mass is 382 g/mol. The molecule has 2 fully saturated rings. The van der Waals surface area contributed by atoms with Crippen molar-refractivity contribution in [1.82, 2.24) is 4.90 Å². The number of halogens is 1. The topological polar surface area (TPSA) is 49.9 Å². The van der Waals surface area contributed by atoms with E-state index in [1.807, 2.05) is 37.3 Å². The molecule has 5 nitrogen and oxygen atoms in total. The number of anilines is 1. The summed E-state index contributed by atoms with van der Waals surface area (Å²) in [4.78, 5) is 29.0. The van der Waals surface area contributed by atoms with E-state index in [1.165, 1.54) is 6.07 Å². The van der Waals surface area contributed by atoms with Crippen LogP contribution in [0.15, 0.2) is 54.6 Å². The summed E-state index contributed by atoms with van der Waals surface area (Å²) in [7, 11) is 0. The summed E-state index contributed by atoms with van der Waals surface area (Å²) in [5, 5.41) is 0. The van der Waals surface area contributed by atoms with Crippen LogP contribution < -0.4 is 4.90 Å². The second kappa shape index (κ2) is 7.36. The van der Waals surface area contributed by atoms with E-state index in [1.54, 1.807) is 28.0 Å². The third kappa shape index (κ3) is 3.40. The molecule has 0 N–H and O–H groups in total. The molecule has 2 atom stereocenters. The fourth-order valence-electron chi connectivity index (χ4n) is 4.07. The molecular formula is C22H23FN2O3. The van der Waals surface area contributed by atoms with Crippen LogP contribution in [0.3, 0.4) is 0 Å². The first-order chi connectivity index (χ1) is 13.5. The SMILES string of the molecule is C[C@@]12CCN(C(=O)Cc3ccccc3F)C[C@H]1N(c1ccccc1)C(=O)CO2. The molecule has 2 aromatic carbocycles. The summed E-state index contributed by atoms with van der Waals surface area (Å²) in [6.45, 7) is 2.92. The van der Waals surface area contributed by atoms with Gasteiger partial charge in [-0.1, -0.05) is 36.4 Å². The Morgan fingerprint density at radius 3 is 2.64 bits per heavy atom. The summed E-state index contributed by atoms with van der Waals surface area (Å²) in [6, 6.07) is 15.5. The fraction of sp³-hybridized carbons (Fsp3) is 0.364. The van der Waals surface area contributed by atoms with Gasteiger partial charge in [0, 0.05) is 18.8 Å². The maximum Gasteiger partial charge on any atom is 0.253 e. The van der Waals surface area contributed by atoms with E-state index in [0.29, 0.717) is 25.1 Å². The highest BCUT2D eigenvalue weighted by atomic mass is 19.1. The number of hydrogen-bond donors (Lipinski definition) is 0. The van der Waals surface area contributed by atoms with Crippen molar-refractivity contribution in [3.63, 3.8) is 0 Å². The molecule has 0 aliphatic carbocycles. The van der Waals surface area contributed by atoms with Crippen molar-refractivity contribution in [2.45, 2.75) is 31.4 Å². The van der Waals surface area contributed by atoms with Crippen molar-refractivity contribution in [1.29, 1.82) is 0 Å². The van der Waals surface area contributed by atoms with Gasteiger partial charge < -0.3 is 14.5 Å². The molecule has 0 radical (unpaired) electrons. The van der Waals surface area contributed by atoms with Crippen LogP contribution >= 0.6 is 0 Å². The standard InChI is InChI=1S/C22H23FN2O3/c1-22-11-12-24(20(26)13-16-7-5-6-10-18(16)23)14-19(22)25(21(27)15-28-22)17-8-3-2-4-9-17/h2-10,19H,11-15H2,1H3/t19-,22-/m1/s1. The number of hydrogen-bond acceptors (Lipinski definition) is 3. The Balaban J connectivity index is 1.57. The number of ether oxygens (including phenoxy) is 1. The third-order valence-electron chi connectivity index (χ3n) is 5.77. The van der Waals surface area contributed by atoms with Crippen LogP contribution in [0, 0.1) is 5.82 Å². The van der Waals surface area contributed by atoms with Gasteiger partial charge in [-0.05, 0) is 37.1 Å². The van der Waals surface area contributed by atoms with Crippen molar-refractivity contribution in [3.05, 3.63) is 66.0 Å². The van der Waals surface area contributed by atoms with E-state index >= 15 is 0 Å². The number of nitrogens with zero attached hydrogens (tertiary/aromatic N) is 2. The number of carbonyl (C=O) groups excluding carboxylic acids is 2. The number of fused-ring (bicyclic) bond motifs is 1. The first-order valence-corrected chi connectivity index (χ1v) is 9.50. The number of para-hydroxylation sites is 1. The van der Waals surface area contributed by atoms with E-state index in [9.17, 15) is 14.0 Å². The summed E-state index contributed by atoms with van der Waals surface area (Å²) in [5.74, 6) is -0.630. The van der Waals surface area contributed by atoms with Gasteiger partial charge in [0.25, 0.3) is 5.91 Å². The van der Waals surface area contributed by atoms with Gasteiger partial charge in [-0.3, -0.25) is 9.59 Å². The minimum atomic E-state index is -0.515. The van der Waals surface area contributed by atoms with E-state index in [0.717, 1.165) is 5.69 Å². The van der Waals surface area contributed by atoms with Crippen molar-refractivity contribution in [2.75, 3.05) is 24.6 Å². The largest absolute Gasteiger partial charge is 0.363 e. The number of rotatable bonds is 3. The van der Waals surface area contributed by atoms with Crippen molar-refractivity contribution in [2.24, 2.45) is 0 Å². The molecule has 2 heterocycles. The molecule has 146 valence electrons. The van der Waals surface area contributed by atoms with Crippen LogP contribution in [0.2, 0.25) is 0 Å². The Morgan fingerprint density at radius 1 is 1.18 bits per heavy atom. The molecule has 28 heavy (non-hydrogen) atoms. The smallest absolute Gasteiger partial charge is 0.253 e. The Kier molecular flexibility index (Phi) is 4.89. The Labute approximate surface area is 163 Å². The lowest BCUT2D eigenvalue weighted by Crippen LogP contribution is -2.68. The highest BCUT2D eigenvalue weighted by molar-refractivity contribution is 5.96. The number of benzene rings is 2. The van der Waals surface area contributed by atoms with Crippen LogP contribution in [0.1, 0.15) is 18.9 Å². The Hall–Kier alpha value is -2.73. The first-order valence-electron chi connectivity index (χ1n) is 9.50. The molecular weight excluding hydrogens is 359 g/mol. The molecule has 0 bridgehead atoms. The van der Waals surface area contributed by atoms with Gasteiger partial charge >= 0.3 is 0 Å². The zero-order valence-corrected chi connectivity index (χ0v) is 15.8. The Bertz CT molecular complexity index is 888. The zero-order valence-electron chi connectivity index (χ0n) is 15.8. The maximum absolute atomic E-state index is 13.9. The average Bonchev–Trinajstić information content (AvgIpc) is 2.70. The van der Waals surface area contributed by atoms with Gasteiger partial charge in [0.15, 0.2) is 0 Å². The summed E-state index contributed by atoms with van der Waals surface area (Å²) in [5.41, 5.74) is 0.672. The molecule has 0 unspecified atom stereocenters. The van der Waals surface area contributed by atoms with Gasteiger partial charge in [-0.15, -0.1) is 0 Å². The highest BCUT2D eigenvalue weighted by Crippen LogP contribution is 2.36. The van der Waals surface area contributed by atoms with Crippen LogP contribution in [0.25, 0.3) is 0 Å². The quantitative estimate of drug-likeness (QED) is 0.820. The van der Waals surface area contributed by atoms with Gasteiger partial charge in [-0.25, -0.2) is 4.39 Å². The average molecular weight is 382 g/mol. The lowest BCUT2D eigenvalue weighted by molar-refractivity contribution is -0.156. The molecule has 2 aliphatic heterocycles. The minimum absolute atomic E-state index is 0.0102. The summed E-state index contributed by atoms with van der Waals surface area (Å²) >= 11 is 0. The summed E-state index contributed by atoms with van der Waals surface area (Å²) in [6.07, 6.45) is 0.632. The van der Waals surface area contributed by atoms with E-state index in [-0.39, 0.29) is 36.7 Å². The second-order valence-electron chi connectivity index (χ2n) is 7.57. The molecule has 2 amide bonds. The predicted octanol–water partition coefficient (Wildman–Crippen LogP) is 2.79. The summed E-state index contributed by atoms with van der Waals surface area (Å²) < 4.78 is 19.8. The van der Waals surface area contributed by atoms with Crippen LogP contribution in [0.5, 0.6) is 0 Å². The van der Waals surface area contributed by atoms with E-state index in [2.05, 4.69) is 0 Å². The van der Waals surface area contributed by atoms with Gasteiger partial charge in [0.1, 0.15) is 12.4 Å². The zero-order chi connectivity index (χ0) is 19.7. The molecule has 2 aromatic rings.